The fourth-order valence-corrected chi connectivity index (χ4v) is 1.43. The standard InChI is InChI=1S/C10H9NO3/c1-14-10(9(12)13)6-7-4-2-3-5-8(7)11-10/h2-6H,1H3,(H,12,13). The fourth-order valence-electron chi connectivity index (χ4n) is 1.43. The van der Waals surface area contributed by atoms with Gasteiger partial charge < -0.3 is 9.84 Å². The monoisotopic (exact) mass is 191 g/mol. The first-order chi connectivity index (χ1) is 6.68. The molecule has 1 aliphatic heterocycles. The molecule has 72 valence electrons. The lowest BCUT2D eigenvalue weighted by molar-refractivity contribution is -0.153. The van der Waals surface area contributed by atoms with Gasteiger partial charge in [-0.1, -0.05) is 18.2 Å². The summed E-state index contributed by atoms with van der Waals surface area (Å²) in [4.78, 5) is 15.0. The van der Waals surface area contributed by atoms with Gasteiger partial charge in [0.05, 0.1) is 5.36 Å². The van der Waals surface area contributed by atoms with E-state index in [0.717, 1.165) is 5.22 Å². The summed E-state index contributed by atoms with van der Waals surface area (Å²) in [5, 5.41) is 10.4. The van der Waals surface area contributed by atoms with Crippen LogP contribution >= 0.6 is 0 Å². The zero-order valence-corrected chi connectivity index (χ0v) is 7.60. The van der Waals surface area contributed by atoms with Crippen LogP contribution in [0.4, 0.5) is 0 Å². The summed E-state index contributed by atoms with van der Waals surface area (Å²) in [5.41, 5.74) is -1.54. The van der Waals surface area contributed by atoms with E-state index < -0.39 is 11.7 Å². The average molecular weight is 191 g/mol. The van der Waals surface area contributed by atoms with Crippen molar-refractivity contribution in [1.29, 1.82) is 0 Å². The molecule has 4 nitrogen and oxygen atoms in total. The predicted octanol–water partition coefficient (Wildman–Crippen LogP) is -0.472. The van der Waals surface area contributed by atoms with Crippen LogP contribution in [-0.4, -0.2) is 23.9 Å². The Morgan fingerprint density at radius 1 is 1.50 bits per heavy atom. The Bertz CT molecular complexity index is 457. The van der Waals surface area contributed by atoms with Gasteiger partial charge in [0.15, 0.2) is 0 Å². The van der Waals surface area contributed by atoms with E-state index in [9.17, 15) is 4.79 Å². The number of hydrogen-bond donors (Lipinski definition) is 1. The molecule has 1 aliphatic rings. The summed E-state index contributed by atoms with van der Waals surface area (Å²) < 4.78 is 4.92. The van der Waals surface area contributed by atoms with Crippen molar-refractivity contribution >= 4 is 12.0 Å². The molecule has 0 fully saturated rings. The maximum Gasteiger partial charge on any atom is 0.363 e. The number of fused-ring (bicyclic) bond motifs is 1. The highest BCUT2D eigenvalue weighted by Gasteiger charge is 2.37. The molecule has 4 heteroatoms. The molecule has 14 heavy (non-hydrogen) atoms. The van der Waals surface area contributed by atoms with Crippen LogP contribution in [0.3, 0.4) is 0 Å². The molecule has 1 N–H and O–H groups in total. The first kappa shape index (κ1) is 8.90. The number of ether oxygens (including phenoxy) is 1. The van der Waals surface area contributed by atoms with Crippen molar-refractivity contribution in [2.75, 3.05) is 7.11 Å². The Kier molecular flexibility index (Phi) is 1.86. The number of para-hydroxylation sites is 1. The highest BCUT2D eigenvalue weighted by atomic mass is 16.5. The molecule has 0 aromatic heterocycles. The van der Waals surface area contributed by atoms with Crippen molar-refractivity contribution in [1.82, 2.24) is 0 Å². The highest BCUT2D eigenvalue weighted by molar-refractivity contribution is 5.86. The van der Waals surface area contributed by atoms with E-state index in [1.54, 1.807) is 6.07 Å². The van der Waals surface area contributed by atoms with Crippen LogP contribution in [0.15, 0.2) is 29.3 Å². The van der Waals surface area contributed by atoms with Gasteiger partial charge in [-0.05, 0) is 12.1 Å². The third-order valence-corrected chi connectivity index (χ3v) is 2.19. The summed E-state index contributed by atoms with van der Waals surface area (Å²) in [6, 6.07) is 7.21. The Hall–Kier alpha value is -1.68. The van der Waals surface area contributed by atoms with Crippen molar-refractivity contribution < 1.29 is 14.6 Å². The number of aliphatic carboxylic acids is 1. The minimum absolute atomic E-state index is 0.650. The molecule has 2 rings (SSSR count). The van der Waals surface area contributed by atoms with Crippen LogP contribution in [0.5, 0.6) is 0 Å². The molecule has 0 radical (unpaired) electrons. The van der Waals surface area contributed by atoms with Gasteiger partial charge in [0.2, 0.25) is 0 Å². The SMILES string of the molecule is COC1(C(=O)O)C=c2ccccc2=N1. The Balaban J connectivity index is 2.68. The number of methoxy groups -OCH3 is 1. The van der Waals surface area contributed by atoms with Gasteiger partial charge in [-0.25, -0.2) is 9.79 Å². The Morgan fingerprint density at radius 3 is 2.79 bits per heavy atom. The topological polar surface area (TPSA) is 58.9 Å². The predicted molar refractivity (Wildman–Crippen MR) is 49.1 cm³/mol. The fraction of sp³-hybridized carbons (Fsp3) is 0.200. The molecule has 1 heterocycles. The summed E-state index contributed by atoms with van der Waals surface area (Å²) in [6.45, 7) is 0. The van der Waals surface area contributed by atoms with Gasteiger partial charge in [-0.2, -0.15) is 0 Å². The third kappa shape index (κ3) is 1.12. The summed E-state index contributed by atoms with van der Waals surface area (Å²) in [7, 11) is 1.33. The molecule has 0 saturated heterocycles. The van der Waals surface area contributed by atoms with E-state index in [0.29, 0.717) is 5.36 Å². The van der Waals surface area contributed by atoms with Gasteiger partial charge in [0, 0.05) is 12.3 Å². The second kappa shape index (κ2) is 2.92. The van der Waals surface area contributed by atoms with Gasteiger partial charge >= 0.3 is 5.97 Å². The van der Waals surface area contributed by atoms with Crippen LogP contribution < -0.4 is 10.6 Å². The van der Waals surface area contributed by atoms with Crippen LogP contribution in [-0.2, 0) is 9.53 Å². The Labute approximate surface area is 80.2 Å². The largest absolute Gasteiger partial charge is 0.477 e. The average Bonchev–Trinajstić information content (AvgIpc) is 2.57. The van der Waals surface area contributed by atoms with Gasteiger partial charge in [-0.3, -0.25) is 0 Å². The van der Waals surface area contributed by atoms with E-state index in [-0.39, 0.29) is 0 Å². The first-order valence-corrected chi connectivity index (χ1v) is 4.14. The van der Waals surface area contributed by atoms with E-state index in [2.05, 4.69) is 4.99 Å². The maximum atomic E-state index is 11.0. The van der Waals surface area contributed by atoms with Crippen molar-refractivity contribution in [3.63, 3.8) is 0 Å². The molecule has 0 spiro atoms. The normalized spacial score (nSPS) is 23.5. The second-order valence-electron chi connectivity index (χ2n) is 3.02. The summed E-state index contributed by atoms with van der Waals surface area (Å²) >= 11 is 0. The van der Waals surface area contributed by atoms with Gasteiger partial charge in [0.25, 0.3) is 5.72 Å². The number of nitrogens with zero attached hydrogens (tertiary/aromatic N) is 1. The van der Waals surface area contributed by atoms with E-state index in [4.69, 9.17) is 9.84 Å². The van der Waals surface area contributed by atoms with E-state index >= 15 is 0 Å². The van der Waals surface area contributed by atoms with Gasteiger partial charge in [-0.15, -0.1) is 0 Å². The van der Waals surface area contributed by atoms with E-state index in [1.165, 1.54) is 13.2 Å². The lowest BCUT2D eigenvalue weighted by Gasteiger charge is -2.15. The van der Waals surface area contributed by atoms with Crippen LogP contribution in [0.2, 0.25) is 0 Å². The maximum absolute atomic E-state index is 11.0. The number of carboxylic acid groups (broad SMARTS) is 1. The third-order valence-electron chi connectivity index (χ3n) is 2.19. The molecular formula is C10H9NO3. The zero-order chi connectivity index (χ0) is 10.2. The van der Waals surface area contributed by atoms with Crippen molar-refractivity contribution in [3.8, 4) is 0 Å². The molecule has 1 unspecified atom stereocenters. The summed E-state index contributed by atoms with van der Waals surface area (Å²) in [6.07, 6.45) is 1.50. The van der Waals surface area contributed by atoms with E-state index in [1.807, 2.05) is 18.2 Å². The van der Waals surface area contributed by atoms with Crippen LogP contribution in [0.1, 0.15) is 0 Å². The van der Waals surface area contributed by atoms with Crippen molar-refractivity contribution in [3.05, 3.63) is 34.8 Å². The molecule has 0 saturated carbocycles. The minimum atomic E-state index is -1.54. The number of carbonyl (C=O) groups is 1. The second-order valence-corrected chi connectivity index (χ2v) is 3.02. The number of carboxylic acids is 1. The quantitative estimate of drug-likeness (QED) is 0.687. The molecule has 1 atom stereocenters. The number of rotatable bonds is 2. The number of benzene rings is 1. The Morgan fingerprint density at radius 2 is 2.21 bits per heavy atom. The molecule has 1 aromatic rings. The minimum Gasteiger partial charge on any atom is -0.477 e. The van der Waals surface area contributed by atoms with Crippen molar-refractivity contribution in [2.24, 2.45) is 4.99 Å². The van der Waals surface area contributed by atoms with Crippen molar-refractivity contribution in [2.45, 2.75) is 5.72 Å². The first-order valence-electron chi connectivity index (χ1n) is 4.14. The summed E-state index contributed by atoms with van der Waals surface area (Å²) in [5.74, 6) is -1.10. The van der Waals surface area contributed by atoms with Crippen LogP contribution in [0.25, 0.3) is 6.08 Å². The highest BCUT2D eigenvalue weighted by Crippen LogP contribution is 2.15. The lowest BCUT2D eigenvalue weighted by atomic mass is 10.2. The molecule has 0 amide bonds. The molecule has 0 bridgehead atoms. The number of hydrogen-bond acceptors (Lipinski definition) is 3. The zero-order valence-electron chi connectivity index (χ0n) is 7.60. The lowest BCUT2D eigenvalue weighted by Crippen LogP contribution is -2.35. The smallest absolute Gasteiger partial charge is 0.363 e. The van der Waals surface area contributed by atoms with Crippen LogP contribution in [0, 0.1) is 0 Å². The molecule has 1 aromatic carbocycles. The molecular weight excluding hydrogens is 182 g/mol. The van der Waals surface area contributed by atoms with Gasteiger partial charge in [0.1, 0.15) is 0 Å². The molecule has 0 aliphatic carbocycles.